The molecule has 2 aromatic heterocycles. The summed E-state index contributed by atoms with van der Waals surface area (Å²) in [7, 11) is 0. The SMILES string of the molecule is OC(CNc1cccnn1)c1ccsc1. The highest BCUT2D eigenvalue weighted by atomic mass is 32.1. The largest absolute Gasteiger partial charge is 0.387 e. The summed E-state index contributed by atoms with van der Waals surface area (Å²) in [4.78, 5) is 0. The molecule has 0 aromatic carbocycles. The number of hydrogen-bond acceptors (Lipinski definition) is 5. The average molecular weight is 221 g/mol. The van der Waals surface area contributed by atoms with Gasteiger partial charge in [0.05, 0.1) is 6.10 Å². The molecule has 0 aliphatic heterocycles. The van der Waals surface area contributed by atoms with E-state index in [1.807, 2.05) is 22.9 Å². The number of hydrogen-bond donors (Lipinski definition) is 2. The molecule has 0 radical (unpaired) electrons. The van der Waals surface area contributed by atoms with E-state index < -0.39 is 6.10 Å². The second-order valence-corrected chi connectivity index (χ2v) is 3.84. The molecule has 0 saturated carbocycles. The maximum atomic E-state index is 9.77. The first-order valence-corrected chi connectivity index (χ1v) is 5.52. The van der Waals surface area contributed by atoms with Crippen molar-refractivity contribution in [3.63, 3.8) is 0 Å². The van der Waals surface area contributed by atoms with E-state index in [1.165, 1.54) is 0 Å². The molecule has 1 unspecified atom stereocenters. The van der Waals surface area contributed by atoms with Crippen LogP contribution in [0.3, 0.4) is 0 Å². The molecule has 0 amide bonds. The third-order valence-electron chi connectivity index (χ3n) is 1.98. The average Bonchev–Trinajstić information content (AvgIpc) is 2.81. The number of nitrogens with one attached hydrogen (secondary N) is 1. The van der Waals surface area contributed by atoms with Gasteiger partial charge in [-0.2, -0.15) is 16.4 Å². The molecule has 2 N–H and O–H groups in total. The first-order chi connectivity index (χ1) is 7.36. The molecule has 5 heteroatoms. The first kappa shape index (κ1) is 10.1. The number of aromatic nitrogens is 2. The molecule has 2 rings (SSSR count). The third kappa shape index (κ3) is 2.74. The molecule has 4 nitrogen and oxygen atoms in total. The molecule has 2 aromatic rings. The fourth-order valence-corrected chi connectivity index (χ4v) is 1.89. The van der Waals surface area contributed by atoms with E-state index in [1.54, 1.807) is 23.6 Å². The number of anilines is 1. The molecule has 1 atom stereocenters. The van der Waals surface area contributed by atoms with Crippen LogP contribution in [0, 0.1) is 0 Å². The zero-order valence-electron chi connectivity index (χ0n) is 8.00. The fourth-order valence-electron chi connectivity index (χ4n) is 1.18. The zero-order chi connectivity index (χ0) is 10.5. The molecule has 0 aliphatic rings. The molecule has 0 spiro atoms. The lowest BCUT2D eigenvalue weighted by Crippen LogP contribution is -2.12. The van der Waals surface area contributed by atoms with Gasteiger partial charge in [0.15, 0.2) is 0 Å². The highest BCUT2D eigenvalue weighted by Gasteiger charge is 2.07. The van der Waals surface area contributed by atoms with E-state index >= 15 is 0 Å². The van der Waals surface area contributed by atoms with Crippen molar-refractivity contribution in [1.29, 1.82) is 0 Å². The van der Waals surface area contributed by atoms with E-state index in [4.69, 9.17) is 0 Å². The van der Waals surface area contributed by atoms with Gasteiger partial charge in [0.25, 0.3) is 0 Å². The van der Waals surface area contributed by atoms with Crippen molar-refractivity contribution < 1.29 is 5.11 Å². The van der Waals surface area contributed by atoms with E-state index in [2.05, 4.69) is 15.5 Å². The van der Waals surface area contributed by atoms with E-state index in [-0.39, 0.29) is 0 Å². The van der Waals surface area contributed by atoms with Crippen LogP contribution in [-0.4, -0.2) is 21.8 Å². The molecule has 0 saturated heterocycles. The standard InChI is InChI=1S/C10H11N3OS/c14-9(8-3-5-15-7-8)6-11-10-2-1-4-12-13-10/h1-5,7,9,14H,6H2,(H,11,13). The van der Waals surface area contributed by atoms with Gasteiger partial charge >= 0.3 is 0 Å². The normalized spacial score (nSPS) is 12.3. The summed E-state index contributed by atoms with van der Waals surface area (Å²) in [5.41, 5.74) is 0.927. The molecule has 0 bridgehead atoms. The topological polar surface area (TPSA) is 58.0 Å². The van der Waals surface area contributed by atoms with Gasteiger partial charge in [0, 0.05) is 12.7 Å². The van der Waals surface area contributed by atoms with Crippen LogP contribution in [0.2, 0.25) is 0 Å². The highest BCUT2D eigenvalue weighted by Crippen LogP contribution is 2.16. The summed E-state index contributed by atoms with van der Waals surface area (Å²) in [5, 5.41) is 24.3. The fraction of sp³-hybridized carbons (Fsp3) is 0.200. The lowest BCUT2D eigenvalue weighted by atomic mass is 10.2. The summed E-state index contributed by atoms with van der Waals surface area (Å²) in [5.74, 6) is 0.673. The van der Waals surface area contributed by atoms with Crippen LogP contribution in [0.5, 0.6) is 0 Å². The van der Waals surface area contributed by atoms with Gasteiger partial charge in [-0.1, -0.05) is 0 Å². The Hall–Kier alpha value is -1.46. The van der Waals surface area contributed by atoms with Crippen LogP contribution in [-0.2, 0) is 0 Å². The number of nitrogens with zero attached hydrogens (tertiary/aromatic N) is 2. The van der Waals surface area contributed by atoms with Crippen molar-refractivity contribution in [1.82, 2.24) is 10.2 Å². The van der Waals surface area contributed by atoms with Crippen molar-refractivity contribution in [3.8, 4) is 0 Å². The smallest absolute Gasteiger partial charge is 0.148 e. The lowest BCUT2D eigenvalue weighted by molar-refractivity contribution is 0.192. The third-order valence-corrected chi connectivity index (χ3v) is 2.68. The number of aliphatic hydroxyl groups is 1. The van der Waals surface area contributed by atoms with Gasteiger partial charge in [-0.25, -0.2) is 0 Å². The Balaban J connectivity index is 1.89. The minimum Gasteiger partial charge on any atom is -0.387 e. The Bertz CT molecular complexity index is 390. The second kappa shape index (κ2) is 4.86. The predicted molar refractivity (Wildman–Crippen MR) is 59.8 cm³/mol. The predicted octanol–water partition coefficient (Wildman–Crippen LogP) is 1.68. The Morgan fingerprint density at radius 3 is 3.07 bits per heavy atom. The van der Waals surface area contributed by atoms with Gasteiger partial charge in [0.1, 0.15) is 5.82 Å². The monoisotopic (exact) mass is 221 g/mol. The van der Waals surface area contributed by atoms with Crippen molar-refractivity contribution in [2.45, 2.75) is 6.10 Å². The molecular weight excluding hydrogens is 210 g/mol. The van der Waals surface area contributed by atoms with E-state index in [0.29, 0.717) is 12.4 Å². The first-order valence-electron chi connectivity index (χ1n) is 4.58. The minimum absolute atomic E-state index is 0.440. The Kier molecular flexibility index (Phi) is 3.26. The van der Waals surface area contributed by atoms with Crippen LogP contribution >= 0.6 is 11.3 Å². The molecule has 0 aliphatic carbocycles. The summed E-state index contributed by atoms with van der Waals surface area (Å²) < 4.78 is 0. The van der Waals surface area contributed by atoms with Crippen LogP contribution < -0.4 is 5.32 Å². The highest BCUT2D eigenvalue weighted by molar-refractivity contribution is 7.07. The minimum atomic E-state index is -0.502. The van der Waals surface area contributed by atoms with Gasteiger partial charge in [-0.3, -0.25) is 0 Å². The summed E-state index contributed by atoms with van der Waals surface area (Å²) in [6.07, 6.45) is 1.11. The summed E-state index contributed by atoms with van der Waals surface area (Å²) >= 11 is 1.57. The maximum absolute atomic E-state index is 9.77. The Morgan fingerprint density at radius 1 is 1.47 bits per heavy atom. The Labute approximate surface area is 91.6 Å². The van der Waals surface area contributed by atoms with Gasteiger partial charge in [-0.15, -0.1) is 5.10 Å². The zero-order valence-corrected chi connectivity index (χ0v) is 8.81. The summed E-state index contributed by atoms with van der Waals surface area (Å²) in [6, 6.07) is 5.52. The maximum Gasteiger partial charge on any atom is 0.148 e. The van der Waals surface area contributed by atoms with Crippen molar-refractivity contribution in [2.24, 2.45) is 0 Å². The van der Waals surface area contributed by atoms with Crippen molar-refractivity contribution >= 4 is 17.2 Å². The second-order valence-electron chi connectivity index (χ2n) is 3.06. The molecule has 0 fully saturated rings. The van der Waals surface area contributed by atoms with E-state index in [9.17, 15) is 5.11 Å². The number of rotatable bonds is 4. The van der Waals surface area contributed by atoms with Gasteiger partial charge in [0.2, 0.25) is 0 Å². The van der Waals surface area contributed by atoms with Gasteiger partial charge in [-0.05, 0) is 34.5 Å². The number of aliphatic hydroxyl groups excluding tert-OH is 1. The number of thiophene rings is 1. The Morgan fingerprint density at radius 2 is 2.40 bits per heavy atom. The van der Waals surface area contributed by atoms with Crippen molar-refractivity contribution in [2.75, 3.05) is 11.9 Å². The van der Waals surface area contributed by atoms with E-state index in [0.717, 1.165) is 5.56 Å². The molecule has 15 heavy (non-hydrogen) atoms. The molecule has 2 heterocycles. The van der Waals surface area contributed by atoms with Crippen molar-refractivity contribution in [3.05, 3.63) is 40.7 Å². The van der Waals surface area contributed by atoms with Crippen LogP contribution in [0.25, 0.3) is 0 Å². The quantitative estimate of drug-likeness (QED) is 0.824. The molecular formula is C10H11N3OS. The van der Waals surface area contributed by atoms with Crippen LogP contribution in [0.15, 0.2) is 35.2 Å². The lowest BCUT2D eigenvalue weighted by Gasteiger charge is -2.09. The molecule has 78 valence electrons. The van der Waals surface area contributed by atoms with Gasteiger partial charge < -0.3 is 10.4 Å². The van der Waals surface area contributed by atoms with Crippen LogP contribution in [0.1, 0.15) is 11.7 Å². The van der Waals surface area contributed by atoms with Crippen LogP contribution in [0.4, 0.5) is 5.82 Å². The summed E-state index contributed by atoms with van der Waals surface area (Å²) in [6.45, 7) is 0.440.